The molecule has 5 nitrogen and oxygen atoms in total. The number of nitrogens with two attached hydrogens (primary N) is 1. The van der Waals surface area contributed by atoms with Crippen molar-refractivity contribution in [3.05, 3.63) is 34.6 Å². The maximum atomic E-state index is 11.2. The molecule has 2 bridgehead atoms. The van der Waals surface area contributed by atoms with Crippen molar-refractivity contribution >= 4 is 17.2 Å². The fraction of sp³-hybridized carbons (Fsp3) is 0.471. The van der Waals surface area contributed by atoms with Gasteiger partial charge in [0, 0.05) is 18.2 Å². The summed E-state index contributed by atoms with van der Waals surface area (Å²) in [6.45, 7) is 0. The van der Waals surface area contributed by atoms with E-state index in [0.29, 0.717) is 11.6 Å². The van der Waals surface area contributed by atoms with Crippen molar-refractivity contribution in [3.8, 4) is 10.6 Å². The Bertz CT molecular complexity index is 805. The number of carbonyl (C=O) groups is 1. The first-order valence-electron chi connectivity index (χ1n) is 8.08. The van der Waals surface area contributed by atoms with Crippen molar-refractivity contribution in [2.75, 3.05) is 0 Å². The van der Waals surface area contributed by atoms with E-state index in [4.69, 9.17) is 10.7 Å². The fourth-order valence-corrected chi connectivity index (χ4v) is 4.82. The molecule has 120 valence electrons. The Morgan fingerprint density at radius 2 is 2.09 bits per heavy atom. The predicted octanol–water partition coefficient (Wildman–Crippen LogP) is 2.34. The molecule has 1 amide bonds. The Morgan fingerprint density at radius 1 is 1.30 bits per heavy atom. The summed E-state index contributed by atoms with van der Waals surface area (Å²) in [6, 6.07) is 7.74. The highest BCUT2D eigenvalue weighted by molar-refractivity contribution is 7.12. The monoisotopic (exact) mass is 328 g/mol. The van der Waals surface area contributed by atoms with Gasteiger partial charge >= 0.3 is 0 Å². The topological polar surface area (TPSA) is 73.3 Å². The Morgan fingerprint density at radius 3 is 2.70 bits per heavy atom. The molecule has 2 aliphatic carbocycles. The lowest BCUT2D eigenvalue weighted by Crippen LogP contribution is -2.21. The maximum absolute atomic E-state index is 11.2. The number of hydrogen-bond acceptors (Lipinski definition) is 4. The van der Waals surface area contributed by atoms with Crippen LogP contribution in [0.3, 0.4) is 0 Å². The van der Waals surface area contributed by atoms with E-state index in [0.717, 1.165) is 27.2 Å². The van der Waals surface area contributed by atoms with Crippen LogP contribution in [0, 0.1) is 11.8 Å². The minimum absolute atomic E-state index is 0.409. The summed E-state index contributed by atoms with van der Waals surface area (Å²) >= 11 is 1.61. The Kier molecular flexibility index (Phi) is 3.56. The minimum Gasteiger partial charge on any atom is -0.366 e. The highest BCUT2D eigenvalue weighted by atomic mass is 32.1. The van der Waals surface area contributed by atoms with E-state index < -0.39 is 5.91 Å². The van der Waals surface area contributed by atoms with Crippen LogP contribution < -0.4 is 10.5 Å². The van der Waals surface area contributed by atoms with Gasteiger partial charge in [-0.2, -0.15) is 5.10 Å². The van der Waals surface area contributed by atoms with Crippen LogP contribution in [0.2, 0.25) is 0 Å². The molecule has 2 fully saturated rings. The summed E-state index contributed by atoms with van der Waals surface area (Å²) in [4.78, 5) is 17.1. The molecule has 2 N–H and O–H groups in total. The summed E-state index contributed by atoms with van der Waals surface area (Å²) in [5.41, 5.74) is 6.79. The quantitative estimate of drug-likeness (QED) is 0.939. The number of primary amides is 1. The molecule has 23 heavy (non-hydrogen) atoms. The van der Waals surface area contributed by atoms with Crippen LogP contribution >= 0.6 is 11.3 Å². The fourth-order valence-electron chi connectivity index (χ4n) is 3.87. The molecular weight excluding hydrogens is 308 g/mol. The molecule has 0 spiro atoms. The predicted molar refractivity (Wildman–Crippen MR) is 89.8 cm³/mol. The number of aryl methyl sites for hydroxylation is 1. The van der Waals surface area contributed by atoms with Crippen LogP contribution in [0.4, 0.5) is 0 Å². The van der Waals surface area contributed by atoms with Gasteiger partial charge in [-0.15, -0.1) is 0 Å². The summed E-state index contributed by atoms with van der Waals surface area (Å²) < 4.78 is 1.87. The van der Waals surface area contributed by atoms with Crippen molar-refractivity contribution in [3.63, 3.8) is 0 Å². The van der Waals surface area contributed by atoms with Crippen molar-refractivity contribution < 1.29 is 4.79 Å². The second-order valence-corrected chi connectivity index (χ2v) is 7.58. The zero-order valence-corrected chi connectivity index (χ0v) is 13.9. The second-order valence-electron chi connectivity index (χ2n) is 6.63. The first-order chi connectivity index (χ1) is 11.1. The van der Waals surface area contributed by atoms with E-state index in [1.807, 2.05) is 23.9 Å². The largest absolute Gasteiger partial charge is 0.366 e. The van der Waals surface area contributed by atoms with Gasteiger partial charge in [-0.3, -0.25) is 9.79 Å². The smallest absolute Gasteiger partial charge is 0.248 e. The van der Waals surface area contributed by atoms with E-state index in [1.165, 1.54) is 25.7 Å². The van der Waals surface area contributed by atoms with Crippen molar-refractivity contribution in [2.24, 2.45) is 29.6 Å². The van der Waals surface area contributed by atoms with Crippen LogP contribution in [-0.2, 0) is 7.05 Å². The van der Waals surface area contributed by atoms with E-state index in [-0.39, 0.29) is 0 Å². The maximum Gasteiger partial charge on any atom is 0.248 e. The Labute approximate surface area is 138 Å². The zero-order valence-electron chi connectivity index (χ0n) is 13.1. The SMILES string of the molecule is Cn1nc(-c2ccc(C(N)=O)cc2)sc1=NC1CC2CCC1C2. The highest BCUT2D eigenvalue weighted by Gasteiger charge is 2.39. The van der Waals surface area contributed by atoms with Gasteiger partial charge in [-0.25, -0.2) is 4.68 Å². The molecule has 3 unspecified atom stereocenters. The lowest BCUT2D eigenvalue weighted by atomic mass is 9.96. The third kappa shape index (κ3) is 2.72. The molecule has 2 aromatic rings. The van der Waals surface area contributed by atoms with E-state index in [1.54, 1.807) is 23.5 Å². The first-order valence-corrected chi connectivity index (χ1v) is 8.90. The third-order valence-electron chi connectivity index (χ3n) is 5.10. The Hall–Kier alpha value is -1.95. The standard InChI is InChI=1S/C17H20N4OS/c1-21-17(19-14-9-10-2-3-13(14)8-10)23-16(20-21)12-6-4-11(5-7-12)15(18)22/h4-7,10,13-14H,2-3,8-9H2,1H3,(H2,18,22). The van der Waals surface area contributed by atoms with Gasteiger partial charge in [0.05, 0.1) is 6.04 Å². The zero-order chi connectivity index (χ0) is 16.0. The van der Waals surface area contributed by atoms with Crippen LogP contribution in [-0.4, -0.2) is 21.7 Å². The van der Waals surface area contributed by atoms with Gasteiger partial charge < -0.3 is 5.73 Å². The molecule has 1 heterocycles. The van der Waals surface area contributed by atoms with E-state index >= 15 is 0 Å². The van der Waals surface area contributed by atoms with Gasteiger partial charge in [0.2, 0.25) is 10.7 Å². The van der Waals surface area contributed by atoms with Crippen molar-refractivity contribution in [1.29, 1.82) is 0 Å². The number of amides is 1. The van der Waals surface area contributed by atoms with E-state index in [9.17, 15) is 4.79 Å². The van der Waals surface area contributed by atoms with Gasteiger partial charge in [0.15, 0.2) is 0 Å². The average Bonchev–Trinajstić information content (AvgIpc) is 3.24. The van der Waals surface area contributed by atoms with Gasteiger partial charge in [-0.1, -0.05) is 29.9 Å². The average molecular weight is 328 g/mol. The molecule has 1 aromatic heterocycles. The lowest BCUT2D eigenvalue weighted by molar-refractivity contribution is 0.100. The summed E-state index contributed by atoms with van der Waals surface area (Å²) in [7, 11) is 1.95. The number of aromatic nitrogens is 2. The number of carbonyl (C=O) groups excluding carboxylic acids is 1. The number of hydrogen-bond donors (Lipinski definition) is 1. The first kappa shape index (κ1) is 14.6. The molecule has 1 aromatic carbocycles. The van der Waals surface area contributed by atoms with Crippen LogP contribution in [0.5, 0.6) is 0 Å². The number of rotatable bonds is 3. The molecule has 0 saturated heterocycles. The number of benzene rings is 1. The molecule has 0 radical (unpaired) electrons. The number of nitrogens with zero attached hydrogens (tertiary/aromatic N) is 3. The molecular formula is C17H20N4OS. The lowest BCUT2D eigenvalue weighted by Gasteiger charge is -2.16. The summed E-state index contributed by atoms with van der Waals surface area (Å²) in [5, 5.41) is 5.51. The molecule has 0 aliphatic heterocycles. The van der Waals surface area contributed by atoms with Gasteiger partial charge in [0.1, 0.15) is 5.01 Å². The van der Waals surface area contributed by atoms with Crippen molar-refractivity contribution in [2.45, 2.75) is 31.7 Å². The number of fused-ring (bicyclic) bond motifs is 2. The molecule has 3 atom stereocenters. The second kappa shape index (κ2) is 5.60. The van der Waals surface area contributed by atoms with Crippen LogP contribution in [0.25, 0.3) is 10.6 Å². The minimum atomic E-state index is -0.409. The van der Waals surface area contributed by atoms with Crippen molar-refractivity contribution in [1.82, 2.24) is 9.78 Å². The van der Waals surface area contributed by atoms with Gasteiger partial charge in [-0.05, 0) is 43.2 Å². The summed E-state index contributed by atoms with van der Waals surface area (Å²) in [6.07, 6.45) is 5.33. The third-order valence-corrected chi connectivity index (χ3v) is 6.16. The molecule has 2 saturated carbocycles. The summed E-state index contributed by atoms with van der Waals surface area (Å²) in [5.74, 6) is 1.27. The molecule has 4 rings (SSSR count). The van der Waals surface area contributed by atoms with Crippen LogP contribution in [0.15, 0.2) is 29.3 Å². The normalized spacial score (nSPS) is 26.8. The molecule has 6 heteroatoms. The Balaban J connectivity index is 1.63. The highest BCUT2D eigenvalue weighted by Crippen LogP contribution is 2.45. The van der Waals surface area contributed by atoms with E-state index in [2.05, 4.69) is 5.10 Å². The van der Waals surface area contributed by atoms with Gasteiger partial charge in [0.25, 0.3) is 0 Å². The molecule has 2 aliphatic rings. The van der Waals surface area contributed by atoms with Crippen LogP contribution in [0.1, 0.15) is 36.0 Å².